The third-order valence-electron chi connectivity index (χ3n) is 4.95. The molecule has 1 aromatic heterocycles. The number of nitrogens with zero attached hydrogens (tertiary/aromatic N) is 3. The Kier molecular flexibility index (Phi) is 3.93. The molecule has 0 N–H and O–H groups in total. The van der Waals surface area contributed by atoms with Gasteiger partial charge in [0.1, 0.15) is 0 Å². The molecule has 1 amide bonds. The molecule has 120 valence electrons. The minimum atomic E-state index is -0.305. The Morgan fingerprint density at radius 2 is 2.18 bits per heavy atom. The van der Waals surface area contributed by atoms with E-state index >= 15 is 0 Å². The zero-order valence-electron chi connectivity index (χ0n) is 13.4. The maximum atomic E-state index is 12.5. The summed E-state index contributed by atoms with van der Waals surface area (Å²) in [6.07, 6.45) is 5.67. The number of carbonyl (C=O) groups excluding carboxylic acids is 2. The Balaban J connectivity index is 1.74. The van der Waals surface area contributed by atoms with Gasteiger partial charge in [-0.3, -0.25) is 14.3 Å². The monoisotopic (exact) mass is 305 g/mol. The summed E-state index contributed by atoms with van der Waals surface area (Å²) >= 11 is 0. The van der Waals surface area contributed by atoms with E-state index in [-0.39, 0.29) is 23.8 Å². The average molecular weight is 305 g/mol. The van der Waals surface area contributed by atoms with E-state index in [2.05, 4.69) is 12.0 Å². The predicted molar refractivity (Wildman–Crippen MR) is 79.7 cm³/mol. The van der Waals surface area contributed by atoms with E-state index in [1.807, 2.05) is 13.2 Å². The van der Waals surface area contributed by atoms with E-state index in [0.717, 1.165) is 12.0 Å². The minimum absolute atomic E-state index is 0.0636. The molecule has 3 rings (SSSR count). The van der Waals surface area contributed by atoms with Crippen LogP contribution in [-0.2, 0) is 21.4 Å². The van der Waals surface area contributed by atoms with Crippen LogP contribution in [0.3, 0.4) is 0 Å². The van der Waals surface area contributed by atoms with Crippen LogP contribution in [0.4, 0.5) is 0 Å². The lowest BCUT2D eigenvalue weighted by molar-refractivity contribution is -0.156. The third-order valence-corrected chi connectivity index (χ3v) is 4.95. The van der Waals surface area contributed by atoms with Crippen molar-refractivity contribution in [3.8, 4) is 0 Å². The van der Waals surface area contributed by atoms with Crippen LogP contribution >= 0.6 is 0 Å². The Labute approximate surface area is 130 Å². The van der Waals surface area contributed by atoms with Crippen molar-refractivity contribution < 1.29 is 14.3 Å². The molecule has 22 heavy (non-hydrogen) atoms. The normalized spacial score (nSPS) is 31.2. The summed E-state index contributed by atoms with van der Waals surface area (Å²) in [5.41, 5.74) is 0.889. The third kappa shape index (κ3) is 2.87. The smallest absolute Gasteiger partial charge is 0.311 e. The molecule has 1 aliphatic carbocycles. The first-order valence-corrected chi connectivity index (χ1v) is 7.88. The van der Waals surface area contributed by atoms with E-state index in [1.165, 1.54) is 0 Å². The lowest BCUT2D eigenvalue weighted by Crippen LogP contribution is -2.43. The Hall–Kier alpha value is -1.85. The fourth-order valence-electron chi connectivity index (χ4n) is 3.26. The number of hydrogen-bond donors (Lipinski definition) is 0. The van der Waals surface area contributed by atoms with Crippen molar-refractivity contribution in [2.24, 2.45) is 24.8 Å². The van der Waals surface area contributed by atoms with Gasteiger partial charge in [0.05, 0.1) is 24.8 Å². The van der Waals surface area contributed by atoms with Crippen molar-refractivity contribution in [1.29, 1.82) is 0 Å². The quantitative estimate of drug-likeness (QED) is 0.791. The summed E-state index contributed by atoms with van der Waals surface area (Å²) in [4.78, 5) is 26.2. The molecular weight excluding hydrogens is 282 g/mol. The second kappa shape index (κ2) is 5.74. The number of carbonyl (C=O) groups is 2. The summed E-state index contributed by atoms with van der Waals surface area (Å²) in [5.74, 6) is 0.753. The van der Waals surface area contributed by atoms with Gasteiger partial charge >= 0.3 is 5.97 Å². The van der Waals surface area contributed by atoms with Gasteiger partial charge in [-0.2, -0.15) is 5.10 Å². The van der Waals surface area contributed by atoms with E-state index in [4.69, 9.17) is 4.74 Å². The Morgan fingerprint density at radius 1 is 1.45 bits per heavy atom. The molecule has 4 atom stereocenters. The maximum absolute atomic E-state index is 12.5. The van der Waals surface area contributed by atoms with E-state index in [9.17, 15) is 9.59 Å². The number of ether oxygens (including phenoxy) is 1. The van der Waals surface area contributed by atoms with Crippen molar-refractivity contribution in [2.45, 2.75) is 32.2 Å². The van der Waals surface area contributed by atoms with Crippen LogP contribution in [0.1, 0.15) is 37.8 Å². The molecule has 6 heteroatoms. The molecule has 0 radical (unpaired) electrons. The predicted octanol–water partition coefficient (Wildman–Crippen LogP) is 1.53. The Bertz CT molecular complexity index is 583. The SMILES string of the molecule is CC1CC1COC(=O)C1CCC(=O)N(C)C1c1cnn(C)c1. The van der Waals surface area contributed by atoms with Gasteiger partial charge in [0.25, 0.3) is 0 Å². The van der Waals surface area contributed by atoms with Crippen LogP contribution in [0.25, 0.3) is 0 Å². The number of amides is 1. The highest BCUT2D eigenvalue weighted by Crippen LogP contribution is 2.39. The highest BCUT2D eigenvalue weighted by atomic mass is 16.5. The van der Waals surface area contributed by atoms with Crippen LogP contribution in [0.5, 0.6) is 0 Å². The molecule has 1 saturated heterocycles. The van der Waals surface area contributed by atoms with Gasteiger partial charge in [-0.05, 0) is 24.7 Å². The summed E-state index contributed by atoms with van der Waals surface area (Å²) in [5, 5.41) is 4.17. The van der Waals surface area contributed by atoms with E-state index in [0.29, 0.717) is 31.3 Å². The van der Waals surface area contributed by atoms with E-state index < -0.39 is 0 Å². The molecule has 2 heterocycles. The second-order valence-electron chi connectivity index (χ2n) is 6.65. The van der Waals surface area contributed by atoms with Crippen molar-refractivity contribution in [1.82, 2.24) is 14.7 Å². The van der Waals surface area contributed by atoms with Crippen molar-refractivity contribution in [3.63, 3.8) is 0 Å². The summed E-state index contributed by atoms with van der Waals surface area (Å²) < 4.78 is 7.20. The first kappa shape index (κ1) is 15.1. The number of rotatable bonds is 4. The van der Waals surface area contributed by atoms with Crippen LogP contribution in [-0.4, -0.2) is 40.2 Å². The van der Waals surface area contributed by atoms with Gasteiger partial charge in [-0.15, -0.1) is 0 Å². The zero-order valence-corrected chi connectivity index (χ0v) is 13.4. The fraction of sp³-hybridized carbons (Fsp3) is 0.688. The molecule has 2 fully saturated rings. The average Bonchev–Trinajstić information content (AvgIpc) is 3.02. The Morgan fingerprint density at radius 3 is 2.77 bits per heavy atom. The van der Waals surface area contributed by atoms with Gasteiger partial charge in [0.2, 0.25) is 5.91 Å². The van der Waals surface area contributed by atoms with Gasteiger partial charge < -0.3 is 9.64 Å². The molecule has 1 saturated carbocycles. The van der Waals surface area contributed by atoms with Crippen LogP contribution in [0.2, 0.25) is 0 Å². The molecule has 4 unspecified atom stereocenters. The number of aromatic nitrogens is 2. The highest BCUT2D eigenvalue weighted by molar-refractivity contribution is 5.82. The molecule has 1 aromatic rings. The molecule has 0 aromatic carbocycles. The van der Waals surface area contributed by atoms with Crippen molar-refractivity contribution in [3.05, 3.63) is 18.0 Å². The molecular formula is C16H23N3O3. The first-order chi connectivity index (χ1) is 10.5. The summed E-state index contributed by atoms with van der Waals surface area (Å²) in [6.45, 7) is 2.68. The molecule has 2 aliphatic rings. The lowest BCUT2D eigenvalue weighted by Gasteiger charge is -2.37. The summed E-state index contributed by atoms with van der Waals surface area (Å²) in [6, 6.07) is -0.279. The largest absolute Gasteiger partial charge is 0.465 e. The minimum Gasteiger partial charge on any atom is -0.465 e. The van der Waals surface area contributed by atoms with Gasteiger partial charge in [0.15, 0.2) is 0 Å². The van der Waals surface area contributed by atoms with Crippen LogP contribution < -0.4 is 0 Å². The van der Waals surface area contributed by atoms with Crippen molar-refractivity contribution in [2.75, 3.05) is 13.7 Å². The van der Waals surface area contributed by atoms with Gasteiger partial charge in [-0.25, -0.2) is 0 Å². The fourth-order valence-corrected chi connectivity index (χ4v) is 3.26. The van der Waals surface area contributed by atoms with Crippen molar-refractivity contribution >= 4 is 11.9 Å². The molecule has 0 bridgehead atoms. The number of aryl methyl sites for hydroxylation is 1. The van der Waals surface area contributed by atoms with Gasteiger partial charge in [-0.1, -0.05) is 6.92 Å². The second-order valence-corrected chi connectivity index (χ2v) is 6.65. The number of likely N-dealkylation sites (tertiary alicyclic amines) is 1. The number of hydrogen-bond acceptors (Lipinski definition) is 4. The van der Waals surface area contributed by atoms with Crippen LogP contribution in [0.15, 0.2) is 12.4 Å². The molecule has 0 spiro atoms. The zero-order chi connectivity index (χ0) is 15.9. The van der Waals surface area contributed by atoms with Crippen LogP contribution in [0, 0.1) is 17.8 Å². The topological polar surface area (TPSA) is 64.4 Å². The first-order valence-electron chi connectivity index (χ1n) is 7.88. The number of esters is 1. The molecule has 1 aliphatic heterocycles. The molecule has 6 nitrogen and oxygen atoms in total. The van der Waals surface area contributed by atoms with E-state index in [1.54, 1.807) is 22.8 Å². The highest BCUT2D eigenvalue weighted by Gasteiger charge is 2.41. The maximum Gasteiger partial charge on any atom is 0.311 e. The van der Waals surface area contributed by atoms with Gasteiger partial charge in [0, 0.05) is 32.3 Å². The number of piperidine rings is 1. The lowest BCUT2D eigenvalue weighted by atomic mass is 9.86. The summed E-state index contributed by atoms with van der Waals surface area (Å²) in [7, 11) is 3.58. The standard InChI is InChI=1S/C16H23N3O3/c1-10-6-11(10)9-22-16(21)13-4-5-14(20)19(3)15(13)12-7-17-18(2)8-12/h7-8,10-11,13,15H,4-6,9H2,1-3H3.